The number of nitrogens with one attached hydrogen (secondary N) is 1. The third-order valence-corrected chi connectivity index (χ3v) is 15.5. The summed E-state index contributed by atoms with van der Waals surface area (Å²) < 4.78 is 5.47. The summed E-state index contributed by atoms with van der Waals surface area (Å²) in [5.74, 6) is -0.0655. The minimum absolute atomic E-state index is 0.000501. The molecule has 0 aromatic rings. The molecule has 0 saturated carbocycles. The number of allylic oxidation sites excluding steroid dienone is 3. The molecule has 0 aliphatic heterocycles. The maximum Gasteiger partial charge on any atom is 0.305 e. The van der Waals surface area contributed by atoms with Gasteiger partial charge in [0.25, 0.3) is 0 Å². The molecule has 0 bridgehead atoms. The Morgan fingerprint density at radius 3 is 1.00 bits per heavy atom. The quantitative estimate of drug-likeness (QED) is 0.0320. The summed E-state index contributed by atoms with van der Waals surface area (Å²) in [6.07, 6.45) is 78.0. The Kier molecular flexibility index (Phi) is 61.4. The Hall–Kier alpha value is -1.66. The normalized spacial score (nSPS) is 12.7. The van der Waals surface area contributed by atoms with Crippen LogP contribution >= 0.6 is 0 Å². The van der Waals surface area contributed by atoms with Crippen molar-refractivity contribution in [2.75, 3.05) is 13.2 Å². The highest BCUT2D eigenvalue weighted by Crippen LogP contribution is 2.18. The lowest BCUT2D eigenvalue weighted by Gasteiger charge is -2.20. The maximum atomic E-state index is 12.5. The molecular weight excluding hydrogens is 899 g/mol. The summed E-state index contributed by atoms with van der Waals surface area (Å²) in [7, 11) is 0. The van der Waals surface area contributed by atoms with Crippen LogP contribution in [0.25, 0.3) is 0 Å². The van der Waals surface area contributed by atoms with Crippen LogP contribution in [0.3, 0.4) is 0 Å². The third kappa shape index (κ3) is 59.4. The number of carbonyl (C=O) groups excluding carboxylic acids is 2. The molecule has 6 heteroatoms. The molecule has 73 heavy (non-hydrogen) atoms. The van der Waals surface area contributed by atoms with Gasteiger partial charge in [0.2, 0.25) is 5.91 Å². The lowest BCUT2D eigenvalue weighted by Crippen LogP contribution is -2.45. The van der Waals surface area contributed by atoms with E-state index in [0.717, 1.165) is 44.9 Å². The number of rotatable bonds is 62. The van der Waals surface area contributed by atoms with Crippen LogP contribution in [0.15, 0.2) is 24.3 Å². The van der Waals surface area contributed by atoms with Gasteiger partial charge in [0, 0.05) is 12.8 Å². The molecule has 2 unspecified atom stereocenters. The smallest absolute Gasteiger partial charge is 0.305 e. The van der Waals surface area contributed by atoms with E-state index >= 15 is 0 Å². The summed E-state index contributed by atoms with van der Waals surface area (Å²) in [5, 5.41) is 23.3. The number of ether oxygens (including phenoxy) is 1. The highest BCUT2D eigenvalue weighted by molar-refractivity contribution is 5.76. The van der Waals surface area contributed by atoms with Crippen molar-refractivity contribution < 1.29 is 24.5 Å². The number of aliphatic hydroxyl groups excluding tert-OH is 2. The van der Waals surface area contributed by atoms with Crippen molar-refractivity contribution >= 4 is 11.9 Å². The van der Waals surface area contributed by atoms with E-state index in [2.05, 4.69) is 31.3 Å². The molecule has 0 aromatic heterocycles. The first kappa shape index (κ1) is 71.3. The number of hydrogen-bond donors (Lipinski definition) is 3. The van der Waals surface area contributed by atoms with E-state index in [4.69, 9.17) is 4.74 Å². The van der Waals surface area contributed by atoms with Crippen LogP contribution in [-0.4, -0.2) is 47.4 Å². The minimum Gasteiger partial charge on any atom is -0.466 e. The average Bonchev–Trinajstić information content (AvgIpc) is 3.39. The van der Waals surface area contributed by atoms with E-state index in [-0.39, 0.29) is 18.5 Å². The first-order chi connectivity index (χ1) is 36.0. The molecule has 2 atom stereocenters. The number of amides is 1. The van der Waals surface area contributed by atoms with E-state index in [1.165, 1.54) is 295 Å². The molecule has 0 rings (SSSR count). The highest BCUT2D eigenvalue weighted by Gasteiger charge is 2.18. The molecule has 0 aromatic carbocycles. The fourth-order valence-corrected chi connectivity index (χ4v) is 10.4. The van der Waals surface area contributed by atoms with Gasteiger partial charge in [-0.1, -0.05) is 321 Å². The monoisotopic (exact) mass is 1030 g/mol. The number of hydrogen-bond acceptors (Lipinski definition) is 5. The largest absolute Gasteiger partial charge is 0.466 e. The summed E-state index contributed by atoms with van der Waals surface area (Å²) >= 11 is 0. The second-order valence-corrected chi connectivity index (χ2v) is 22.8. The van der Waals surface area contributed by atoms with Crippen LogP contribution in [0.4, 0.5) is 0 Å². The molecule has 0 fully saturated rings. The lowest BCUT2D eigenvalue weighted by atomic mass is 10.0. The van der Waals surface area contributed by atoms with Crippen LogP contribution < -0.4 is 5.32 Å². The molecule has 1 amide bonds. The van der Waals surface area contributed by atoms with Gasteiger partial charge >= 0.3 is 5.97 Å². The summed E-state index contributed by atoms with van der Waals surface area (Å²) in [6.45, 7) is 4.90. The predicted octanol–water partition coefficient (Wildman–Crippen LogP) is 21.0. The number of carbonyl (C=O) groups is 2. The second-order valence-electron chi connectivity index (χ2n) is 22.8. The van der Waals surface area contributed by atoms with Crippen molar-refractivity contribution in [2.45, 2.75) is 379 Å². The van der Waals surface area contributed by atoms with E-state index in [1.54, 1.807) is 6.08 Å². The Bertz CT molecular complexity index is 1140. The van der Waals surface area contributed by atoms with Crippen molar-refractivity contribution in [1.29, 1.82) is 0 Å². The van der Waals surface area contributed by atoms with Crippen LogP contribution in [-0.2, 0) is 14.3 Å². The first-order valence-electron chi connectivity index (χ1n) is 33.1. The molecule has 3 N–H and O–H groups in total. The topological polar surface area (TPSA) is 95.9 Å². The summed E-state index contributed by atoms with van der Waals surface area (Å²) in [6, 6.07) is -0.630. The van der Waals surface area contributed by atoms with E-state index in [9.17, 15) is 19.8 Å². The van der Waals surface area contributed by atoms with Crippen molar-refractivity contribution in [2.24, 2.45) is 0 Å². The third-order valence-electron chi connectivity index (χ3n) is 15.5. The van der Waals surface area contributed by atoms with Gasteiger partial charge in [-0.05, 0) is 57.8 Å². The Balaban J connectivity index is 3.43. The van der Waals surface area contributed by atoms with E-state index < -0.39 is 12.1 Å². The summed E-state index contributed by atoms with van der Waals surface area (Å²) in [5.41, 5.74) is 0. The van der Waals surface area contributed by atoms with Crippen molar-refractivity contribution in [3.8, 4) is 0 Å². The zero-order chi connectivity index (χ0) is 52.9. The van der Waals surface area contributed by atoms with Crippen LogP contribution in [0, 0.1) is 0 Å². The molecule has 0 aliphatic carbocycles. The zero-order valence-electron chi connectivity index (χ0n) is 49.4. The zero-order valence-corrected chi connectivity index (χ0v) is 49.4. The van der Waals surface area contributed by atoms with E-state index in [1.807, 2.05) is 6.08 Å². The van der Waals surface area contributed by atoms with Crippen molar-refractivity contribution in [3.05, 3.63) is 24.3 Å². The Morgan fingerprint density at radius 2 is 0.644 bits per heavy atom. The average molecular weight is 1030 g/mol. The van der Waals surface area contributed by atoms with Gasteiger partial charge in [0.15, 0.2) is 0 Å². The Morgan fingerprint density at radius 1 is 0.370 bits per heavy atom. The Labute approximate surface area is 456 Å². The predicted molar refractivity (Wildman–Crippen MR) is 320 cm³/mol. The van der Waals surface area contributed by atoms with Gasteiger partial charge in [0.1, 0.15) is 0 Å². The van der Waals surface area contributed by atoms with Crippen LogP contribution in [0.5, 0.6) is 0 Å². The maximum absolute atomic E-state index is 12.5. The number of unbranched alkanes of at least 4 members (excludes halogenated alkanes) is 49. The molecule has 0 radical (unpaired) electrons. The van der Waals surface area contributed by atoms with Gasteiger partial charge in [-0.2, -0.15) is 0 Å². The van der Waals surface area contributed by atoms with Crippen LogP contribution in [0.2, 0.25) is 0 Å². The van der Waals surface area contributed by atoms with Gasteiger partial charge < -0.3 is 20.3 Å². The van der Waals surface area contributed by atoms with Gasteiger partial charge in [0.05, 0.1) is 25.4 Å². The molecule has 432 valence electrons. The fourth-order valence-electron chi connectivity index (χ4n) is 10.4. The molecule has 6 nitrogen and oxygen atoms in total. The number of esters is 1. The van der Waals surface area contributed by atoms with Gasteiger partial charge in [-0.25, -0.2) is 0 Å². The minimum atomic E-state index is -0.847. The molecule has 0 aliphatic rings. The summed E-state index contributed by atoms with van der Waals surface area (Å²) in [4.78, 5) is 24.5. The second kappa shape index (κ2) is 62.9. The van der Waals surface area contributed by atoms with Gasteiger partial charge in [-0.3, -0.25) is 9.59 Å². The number of aliphatic hydroxyl groups is 2. The standard InChI is InChI=1S/C67H129NO5/c1-3-5-7-9-11-13-15-17-18-19-20-21-22-23-24-27-30-33-36-39-43-47-51-55-59-65(70)64(63-69)68-66(71)60-56-52-48-44-40-37-34-31-28-25-26-29-32-35-38-42-46-50-54-58-62-73-67(72)61-57-53-49-45-41-16-14-12-10-8-6-4-2/h12,14,55,59,64-65,69-70H,3-11,13,15-54,56-58,60-63H2,1-2H3,(H,68,71)/b14-12-,59-55+. The SMILES string of the molecule is CCCCC/C=C\CCCCCCCC(=O)OCCCCCCCCCCCCCCCCCCCCCCC(=O)NC(CO)C(O)/C=C/CCCCCCCCCCCCCCCCCCCCCCCC. The first-order valence-corrected chi connectivity index (χ1v) is 33.1. The lowest BCUT2D eigenvalue weighted by molar-refractivity contribution is -0.143. The molecule has 0 heterocycles. The van der Waals surface area contributed by atoms with Crippen molar-refractivity contribution in [3.63, 3.8) is 0 Å². The molecule has 0 saturated heterocycles. The van der Waals surface area contributed by atoms with Crippen LogP contribution in [0.1, 0.15) is 367 Å². The van der Waals surface area contributed by atoms with Gasteiger partial charge in [-0.15, -0.1) is 0 Å². The van der Waals surface area contributed by atoms with E-state index in [0.29, 0.717) is 19.4 Å². The highest BCUT2D eigenvalue weighted by atomic mass is 16.5. The molecule has 0 spiro atoms. The van der Waals surface area contributed by atoms with Crippen molar-refractivity contribution in [1.82, 2.24) is 5.32 Å². The fraction of sp³-hybridized carbons (Fsp3) is 0.910. The molecular formula is C67H129NO5.